The summed E-state index contributed by atoms with van der Waals surface area (Å²) in [5.74, 6) is -0.483. The van der Waals surface area contributed by atoms with Crippen molar-refractivity contribution in [1.82, 2.24) is 20.0 Å². The summed E-state index contributed by atoms with van der Waals surface area (Å²) in [6.07, 6.45) is 10.3. The van der Waals surface area contributed by atoms with Crippen molar-refractivity contribution >= 4 is 41.9 Å². The largest absolute Gasteiger partial charge is 0.317 e. The molecule has 0 unspecified atom stereocenters. The number of imidazole rings is 1. The number of hydrogen-bond donors (Lipinski definition) is 3. The minimum Gasteiger partial charge on any atom is -0.317 e. The highest BCUT2D eigenvalue weighted by molar-refractivity contribution is 7.80. The molecule has 0 radical (unpaired) electrons. The van der Waals surface area contributed by atoms with E-state index in [-0.39, 0.29) is 11.6 Å². The smallest absolute Gasteiger partial charge is 0.194 e. The molecule has 1 saturated heterocycles. The van der Waals surface area contributed by atoms with Crippen molar-refractivity contribution < 1.29 is 8.78 Å². The van der Waals surface area contributed by atoms with Gasteiger partial charge in [-0.05, 0) is 94.3 Å². The zero-order chi connectivity index (χ0) is 27.9. The van der Waals surface area contributed by atoms with Crippen molar-refractivity contribution in [3.63, 3.8) is 0 Å². The molecule has 0 amide bonds. The second-order valence-corrected chi connectivity index (χ2v) is 9.98. The van der Waals surface area contributed by atoms with E-state index in [4.69, 9.17) is 4.98 Å². The fourth-order valence-electron chi connectivity index (χ4n) is 3.71. The SMILES string of the molecule is C1CCNCC1.C=N/C(=C\C=N/CNC)Cc1c(-c2ccc(F)cc2)nc2sccn12.Fc1ccc(S)cc1. The van der Waals surface area contributed by atoms with Gasteiger partial charge in [0.1, 0.15) is 11.6 Å². The number of hydrogen-bond acceptors (Lipinski definition) is 7. The van der Waals surface area contributed by atoms with Gasteiger partial charge in [-0.1, -0.05) is 6.42 Å². The predicted molar refractivity (Wildman–Crippen MR) is 163 cm³/mol. The first-order valence-corrected chi connectivity index (χ1v) is 14.0. The topological polar surface area (TPSA) is 66.1 Å². The molecule has 6 nitrogen and oxygen atoms in total. The molecule has 3 heterocycles. The van der Waals surface area contributed by atoms with Gasteiger partial charge in [-0.2, -0.15) is 0 Å². The minimum absolute atomic E-state index is 0.220. The van der Waals surface area contributed by atoms with Crippen molar-refractivity contribution in [2.45, 2.75) is 30.6 Å². The number of nitrogens with zero attached hydrogens (tertiary/aromatic N) is 4. The van der Waals surface area contributed by atoms with E-state index in [0.717, 1.165) is 32.5 Å². The zero-order valence-corrected chi connectivity index (χ0v) is 23.7. The Morgan fingerprint density at radius 2 is 1.77 bits per heavy atom. The molecule has 0 saturated carbocycles. The molecule has 0 spiro atoms. The van der Waals surface area contributed by atoms with E-state index in [9.17, 15) is 8.78 Å². The minimum atomic E-state index is -0.264. The first-order chi connectivity index (χ1) is 19.0. The van der Waals surface area contributed by atoms with E-state index in [2.05, 4.69) is 40.0 Å². The maximum Gasteiger partial charge on any atom is 0.194 e. The van der Waals surface area contributed by atoms with E-state index >= 15 is 0 Å². The maximum absolute atomic E-state index is 13.2. The fraction of sp³-hybridized carbons (Fsp3) is 0.276. The van der Waals surface area contributed by atoms with Crippen LogP contribution in [0.15, 0.2) is 86.8 Å². The monoisotopic (exact) mass is 568 g/mol. The van der Waals surface area contributed by atoms with E-state index in [1.54, 1.807) is 41.8 Å². The third-order valence-corrected chi connectivity index (χ3v) is 6.74. The molecule has 39 heavy (non-hydrogen) atoms. The van der Waals surface area contributed by atoms with Crippen LogP contribution in [-0.2, 0) is 6.42 Å². The normalized spacial score (nSPS) is 13.5. The number of piperidine rings is 1. The van der Waals surface area contributed by atoms with Gasteiger partial charge in [0.2, 0.25) is 0 Å². The standard InChI is InChI=1S/C18H18FN5S.C6H5FS.C5H11N/c1-20-12-22-8-7-15(21-2)11-16-17(13-3-5-14(19)6-4-13)23-18-24(16)9-10-25-18;7-5-1-3-6(8)4-2-5;1-2-4-6-5-3-1/h3-10,20H,2,11-12H2,1H3;1-4,8H;6H,1-5H2/b15-7-,22-8-;;. The van der Waals surface area contributed by atoms with Gasteiger partial charge in [0.25, 0.3) is 0 Å². The van der Waals surface area contributed by atoms with Gasteiger partial charge < -0.3 is 10.6 Å². The number of nitrogens with one attached hydrogen (secondary N) is 2. The number of benzene rings is 2. The summed E-state index contributed by atoms with van der Waals surface area (Å²) in [6, 6.07) is 12.3. The van der Waals surface area contributed by atoms with E-state index < -0.39 is 0 Å². The van der Waals surface area contributed by atoms with Crippen molar-refractivity contribution in [2.75, 3.05) is 26.8 Å². The Hall–Kier alpha value is -3.18. The molecule has 0 aliphatic carbocycles. The molecular formula is C29H34F2N6S2. The summed E-state index contributed by atoms with van der Waals surface area (Å²) in [4.78, 5) is 14.7. The first-order valence-electron chi connectivity index (χ1n) is 12.7. The average molecular weight is 569 g/mol. The number of rotatable bonds is 7. The van der Waals surface area contributed by atoms with E-state index in [1.165, 1.54) is 56.6 Å². The molecule has 206 valence electrons. The molecular weight excluding hydrogens is 534 g/mol. The molecule has 0 atom stereocenters. The van der Waals surface area contributed by atoms with Gasteiger partial charge >= 0.3 is 0 Å². The number of fused-ring (bicyclic) bond motifs is 1. The Labute approximate surface area is 238 Å². The molecule has 2 aromatic heterocycles. The average Bonchev–Trinajstić information content (AvgIpc) is 3.56. The quantitative estimate of drug-likeness (QED) is 0.177. The molecule has 1 aliphatic heterocycles. The molecule has 0 bridgehead atoms. The Kier molecular flexibility index (Phi) is 13.0. The van der Waals surface area contributed by atoms with Gasteiger partial charge in [0, 0.05) is 40.4 Å². The highest BCUT2D eigenvalue weighted by atomic mass is 32.1. The van der Waals surface area contributed by atoms with E-state index in [0.29, 0.717) is 13.1 Å². The van der Waals surface area contributed by atoms with Crippen molar-refractivity contribution in [3.05, 3.63) is 89.2 Å². The summed E-state index contributed by atoms with van der Waals surface area (Å²) >= 11 is 5.52. The van der Waals surface area contributed by atoms with Gasteiger partial charge in [0.15, 0.2) is 4.96 Å². The summed E-state index contributed by atoms with van der Waals surface area (Å²) in [7, 11) is 1.84. The van der Waals surface area contributed by atoms with Crippen LogP contribution >= 0.6 is 24.0 Å². The Morgan fingerprint density at radius 3 is 2.31 bits per heavy atom. The second kappa shape index (κ2) is 16.7. The van der Waals surface area contributed by atoms with Gasteiger partial charge in [-0.15, -0.1) is 24.0 Å². The molecule has 1 fully saturated rings. The van der Waals surface area contributed by atoms with E-state index in [1.807, 2.05) is 29.1 Å². The molecule has 2 aromatic carbocycles. The highest BCUT2D eigenvalue weighted by Crippen LogP contribution is 2.28. The Balaban J connectivity index is 0.000000243. The van der Waals surface area contributed by atoms with Crippen molar-refractivity contribution in [1.29, 1.82) is 0 Å². The lowest BCUT2D eigenvalue weighted by Gasteiger charge is -2.08. The van der Waals surface area contributed by atoms with Crippen LogP contribution in [0, 0.1) is 11.6 Å². The number of allylic oxidation sites excluding steroid dienone is 2. The van der Waals surface area contributed by atoms with Crippen LogP contribution in [0.1, 0.15) is 25.0 Å². The molecule has 10 heteroatoms. The van der Waals surface area contributed by atoms with Crippen LogP contribution in [0.5, 0.6) is 0 Å². The number of aromatic nitrogens is 2. The van der Waals surface area contributed by atoms with Crippen molar-refractivity contribution in [2.24, 2.45) is 9.98 Å². The maximum atomic E-state index is 13.2. The van der Waals surface area contributed by atoms with Gasteiger partial charge in [0.05, 0.1) is 18.1 Å². The third kappa shape index (κ3) is 10.1. The Morgan fingerprint density at radius 1 is 1.10 bits per heavy atom. The van der Waals surface area contributed by atoms with Gasteiger partial charge in [-0.25, -0.2) is 13.8 Å². The summed E-state index contributed by atoms with van der Waals surface area (Å²) in [6.45, 7) is 6.69. The van der Waals surface area contributed by atoms with Crippen molar-refractivity contribution in [3.8, 4) is 11.3 Å². The fourth-order valence-corrected chi connectivity index (χ4v) is 4.59. The molecule has 5 rings (SSSR count). The van der Waals surface area contributed by atoms with Crippen LogP contribution in [0.3, 0.4) is 0 Å². The number of aliphatic imine (C=N–C) groups is 2. The lowest BCUT2D eigenvalue weighted by atomic mass is 10.1. The first kappa shape index (κ1) is 30.4. The lowest BCUT2D eigenvalue weighted by Crippen LogP contribution is -2.21. The number of thiol groups is 1. The summed E-state index contributed by atoms with van der Waals surface area (Å²) < 4.78 is 27.3. The van der Waals surface area contributed by atoms with Gasteiger partial charge in [-0.3, -0.25) is 14.4 Å². The van der Waals surface area contributed by atoms with Crippen LogP contribution in [-0.4, -0.2) is 49.1 Å². The van der Waals surface area contributed by atoms with Crippen LogP contribution in [0.2, 0.25) is 0 Å². The summed E-state index contributed by atoms with van der Waals surface area (Å²) in [5.41, 5.74) is 3.48. The third-order valence-electron chi connectivity index (χ3n) is 5.69. The lowest BCUT2D eigenvalue weighted by molar-refractivity contribution is 0.520. The number of thiazole rings is 1. The highest BCUT2D eigenvalue weighted by Gasteiger charge is 2.16. The zero-order valence-electron chi connectivity index (χ0n) is 22.0. The number of halogens is 2. The summed E-state index contributed by atoms with van der Waals surface area (Å²) in [5, 5.41) is 8.21. The molecule has 4 aromatic rings. The van der Waals surface area contributed by atoms with Crippen LogP contribution < -0.4 is 10.6 Å². The second-order valence-electron chi connectivity index (χ2n) is 8.59. The Bertz CT molecular complexity index is 1310. The predicted octanol–water partition coefficient (Wildman–Crippen LogP) is 6.45. The van der Waals surface area contributed by atoms with Crippen LogP contribution in [0.25, 0.3) is 16.2 Å². The van der Waals surface area contributed by atoms with Crippen LogP contribution in [0.4, 0.5) is 8.78 Å². The molecule has 1 aliphatic rings. The molecule has 2 N–H and O–H groups in total.